The fourth-order valence-electron chi connectivity index (χ4n) is 1.13. The topological polar surface area (TPSA) is 73.6 Å². The second-order valence-electron chi connectivity index (χ2n) is 3.15. The first kappa shape index (κ1) is 13.3. The van der Waals surface area contributed by atoms with E-state index in [0.29, 0.717) is 6.07 Å². The van der Waals surface area contributed by atoms with E-state index in [1.165, 1.54) is 7.11 Å². The summed E-state index contributed by atoms with van der Waals surface area (Å²) < 4.78 is 35.6. The first-order chi connectivity index (χ1) is 8.08. The fraction of sp³-hybridized carbons (Fsp3) is 0.300. The summed E-state index contributed by atoms with van der Waals surface area (Å²) in [7, 11) is 1.35. The van der Waals surface area contributed by atoms with Gasteiger partial charge in [0.1, 0.15) is 5.82 Å². The van der Waals surface area contributed by atoms with Gasteiger partial charge in [0.05, 0.1) is 6.61 Å². The molecule has 0 aromatic heterocycles. The highest BCUT2D eigenvalue weighted by atomic mass is 19.1. The van der Waals surface area contributed by atoms with Gasteiger partial charge in [-0.1, -0.05) is 0 Å². The third-order valence-corrected chi connectivity index (χ3v) is 1.92. The highest BCUT2D eigenvalue weighted by Crippen LogP contribution is 2.19. The Morgan fingerprint density at radius 2 is 2.24 bits per heavy atom. The maximum atomic E-state index is 13.2. The van der Waals surface area contributed by atoms with Gasteiger partial charge in [0.2, 0.25) is 6.10 Å². The Kier molecular flexibility index (Phi) is 4.80. The molecule has 7 heteroatoms. The number of amides is 1. The number of hydrogen-bond acceptors (Lipinski definition) is 4. The molecule has 0 spiro atoms. The first-order valence-electron chi connectivity index (χ1n) is 4.69. The smallest absolute Gasteiger partial charge is 0.277 e. The SMILES string of the molecule is COCC(Oc1ccc(F)cc1F)C(=O)NN. The Labute approximate surface area is 96.5 Å². The van der Waals surface area contributed by atoms with E-state index in [1.54, 1.807) is 0 Å². The monoisotopic (exact) mass is 246 g/mol. The van der Waals surface area contributed by atoms with Gasteiger partial charge < -0.3 is 9.47 Å². The average Bonchev–Trinajstić information content (AvgIpc) is 2.30. The molecule has 1 aromatic rings. The Bertz CT molecular complexity index is 401. The summed E-state index contributed by atoms with van der Waals surface area (Å²) in [5, 5.41) is 0. The Morgan fingerprint density at radius 3 is 2.76 bits per heavy atom. The Hall–Kier alpha value is -1.73. The second kappa shape index (κ2) is 6.12. The summed E-state index contributed by atoms with van der Waals surface area (Å²) in [6.45, 7) is -0.111. The standard InChI is InChI=1S/C10H12F2N2O3/c1-16-5-9(10(15)14-13)17-8-3-2-6(11)4-7(8)12/h2-4,9H,5,13H2,1H3,(H,14,15). The molecule has 5 nitrogen and oxygen atoms in total. The summed E-state index contributed by atoms with van der Waals surface area (Å²) in [5.41, 5.74) is 1.86. The molecule has 0 fully saturated rings. The minimum absolute atomic E-state index is 0.111. The Balaban J connectivity index is 2.82. The number of carbonyl (C=O) groups is 1. The van der Waals surface area contributed by atoms with E-state index in [-0.39, 0.29) is 12.4 Å². The zero-order valence-electron chi connectivity index (χ0n) is 9.07. The van der Waals surface area contributed by atoms with Gasteiger partial charge in [0.15, 0.2) is 11.6 Å². The van der Waals surface area contributed by atoms with Crippen LogP contribution in [0.3, 0.4) is 0 Å². The number of nitrogens with one attached hydrogen (secondary N) is 1. The van der Waals surface area contributed by atoms with Crippen molar-refractivity contribution in [2.75, 3.05) is 13.7 Å². The van der Waals surface area contributed by atoms with Crippen molar-refractivity contribution < 1.29 is 23.0 Å². The predicted octanol–water partition coefficient (Wildman–Crippen LogP) is 0.349. The van der Waals surface area contributed by atoms with Crippen LogP contribution >= 0.6 is 0 Å². The van der Waals surface area contributed by atoms with Crippen LogP contribution in [0, 0.1) is 11.6 Å². The highest BCUT2D eigenvalue weighted by molar-refractivity contribution is 5.80. The molecule has 1 atom stereocenters. The number of rotatable bonds is 5. The van der Waals surface area contributed by atoms with Crippen LogP contribution in [0.2, 0.25) is 0 Å². The summed E-state index contributed by atoms with van der Waals surface area (Å²) >= 11 is 0. The molecular weight excluding hydrogens is 234 g/mol. The molecule has 0 saturated carbocycles. The summed E-state index contributed by atoms with van der Waals surface area (Å²) in [5.74, 6) is 2.37. The summed E-state index contributed by atoms with van der Waals surface area (Å²) in [6.07, 6.45) is -1.11. The maximum absolute atomic E-state index is 13.2. The van der Waals surface area contributed by atoms with Crippen molar-refractivity contribution in [1.29, 1.82) is 0 Å². The second-order valence-corrected chi connectivity index (χ2v) is 3.15. The molecule has 94 valence electrons. The van der Waals surface area contributed by atoms with Crippen molar-refractivity contribution in [3.63, 3.8) is 0 Å². The molecule has 0 aliphatic heterocycles. The van der Waals surface area contributed by atoms with E-state index < -0.39 is 23.6 Å². The third-order valence-electron chi connectivity index (χ3n) is 1.92. The van der Waals surface area contributed by atoms with E-state index in [2.05, 4.69) is 0 Å². The number of benzene rings is 1. The van der Waals surface area contributed by atoms with E-state index in [1.807, 2.05) is 5.43 Å². The van der Waals surface area contributed by atoms with Gasteiger partial charge in [-0.2, -0.15) is 0 Å². The lowest BCUT2D eigenvalue weighted by Gasteiger charge is -2.16. The van der Waals surface area contributed by atoms with E-state index in [9.17, 15) is 13.6 Å². The molecule has 17 heavy (non-hydrogen) atoms. The van der Waals surface area contributed by atoms with Gasteiger partial charge in [0.25, 0.3) is 5.91 Å². The maximum Gasteiger partial charge on any atom is 0.277 e. The third kappa shape index (κ3) is 3.65. The number of ether oxygens (including phenoxy) is 2. The van der Waals surface area contributed by atoms with Gasteiger partial charge in [-0.15, -0.1) is 0 Å². The first-order valence-corrected chi connectivity index (χ1v) is 4.69. The van der Waals surface area contributed by atoms with Gasteiger partial charge in [-0.3, -0.25) is 10.2 Å². The van der Waals surface area contributed by atoms with Crippen molar-refractivity contribution in [3.8, 4) is 5.75 Å². The predicted molar refractivity (Wildman–Crippen MR) is 55.0 cm³/mol. The molecule has 1 rings (SSSR count). The van der Waals surface area contributed by atoms with Crippen LogP contribution in [0.25, 0.3) is 0 Å². The van der Waals surface area contributed by atoms with Crippen LogP contribution in [0.5, 0.6) is 5.75 Å². The molecule has 3 N–H and O–H groups in total. The molecule has 1 amide bonds. The zero-order chi connectivity index (χ0) is 12.8. The molecule has 0 aliphatic rings. The largest absolute Gasteiger partial charge is 0.475 e. The number of carbonyl (C=O) groups excluding carboxylic acids is 1. The van der Waals surface area contributed by atoms with Crippen LogP contribution in [0.4, 0.5) is 8.78 Å². The van der Waals surface area contributed by atoms with Crippen molar-refractivity contribution in [2.24, 2.45) is 5.84 Å². The molecule has 0 bridgehead atoms. The average molecular weight is 246 g/mol. The van der Waals surface area contributed by atoms with Crippen LogP contribution in [-0.2, 0) is 9.53 Å². The molecule has 1 aromatic carbocycles. The van der Waals surface area contributed by atoms with Crippen LogP contribution in [-0.4, -0.2) is 25.7 Å². The van der Waals surface area contributed by atoms with Crippen molar-refractivity contribution in [3.05, 3.63) is 29.8 Å². The molecular formula is C10H12F2N2O3. The summed E-state index contributed by atoms with van der Waals surface area (Å²) in [6, 6.07) is 2.75. The van der Waals surface area contributed by atoms with Gasteiger partial charge in [0, 0.05) is 13.2 Å². The fourth-order valence-corrected chi connectivity index (χ4v) is 1.13. The van der Waals surface area contributed by atoms with Gasteiger partial charge in [-0.05, 0) is 12.1 Å². The molecule has 0 aliphatic carbocycles. The van der Waals surface area contributed by atoms with Gasteiger partial charge >= 0.3 is 0 Å². The van der Waals surface area contributed by atoms with Crippen LogP contribution < -0.4 is 16.0 Å². The lowest BCUT2D eigenvalue weighted by atomic mass is 10.3. The van der Waals surface area contributed by atoms with Crippen LogP contribution in [0.1, 0.15) is 0 Å². The quantitative estimate of drug-likeness (QED) is 0.446. The zero-order valence-corrected chi connectivity index (χ0v) is 9.07. The van der Waals surface area contributed by atoms with E-state index in [4.69, 9.17) is 15.3 Å². The minimum Gasteiger partial charge on any atom is -0.475 e. The number of halogens is 2. The number of hydrazine groups is 1. The lowest BCUT2D eigenvalue weighted by Crippen LogP contribution is -2.44. The van der Waals surface area contributed by atoms with Crippen molar-refractivity contribution in [1.82, 2.24) is 5.43 Å². The Morgan fingerprint density at radius 1 is 1.53 bits per heavy atom. The van der Waals surface area contributed by atoms with E-state index >= 15 is 0 Å². The molecule has 1 unspecified atom stereocenters. The van der Waals surface area contributed by atoms with Crippen molar-refractivity contribution >= 4 is 5.91 Å². The summed E-state index contributed by atoms with van der Waals surface area (Å²) in [4.78, 5) is 11.2. The minimum atomic E-state index is -1.11. The van der Waals surface area contributed by atoms with Crippen LogP contribution in [0.15, 0.2) is 18.2 Å². The molecule has 0 saturated heterocycles. The molecule has 0 radical (unpaired) electrons. The number of hydrogen-bond donors (Lipinski definition) is 2. The highest BCUT2D eigenvalue weighted by Gasteiger charge is 2.21. The van der Waals surface area contributed by atoms with Crippen molar-refractivity contribution in [2.45, 2.75) is 6.10 Å². The van der Waals surface area contributed by atoms with E-state index in [0.717, 1.165) is 12.1 Å². The normalized spacial score (nSPS) is 12.0. The number of nitrogens with two attached hydrogens (primary N) is 1. The number of methoxy groups -OCH3 is 1. The lowest BCUT2D eigenvalue weighted by molar-refractivity contribution is -0.130. The van der Waals surface area contributed by atoms with Gasteiger partial charge in [-0.25, -0.2) is 14.6 Å². The molecule has 0 heterocycles.